The van der Waals surface area contributed by atoms with Crippen LogP contribution in [0.4, 0.5) is 0 Å². The van der Waals surface area contributed by atoms with Gasteiger partial charge < -0.3 is 32.2 Å². The minimum Gasteiger partial charge on any atom is -0.375 e. The zero-order chi connectivity index (χ0) is 23.6. The summed E-state index contributed by atoms with van der Waals surface area (Å²) in [6.07, 6.45) is 11.0. The standard InChI is InChI=1S/C25H48O7Si/c1-5-17-29-33(30-18-6-2,31-19-7-3)25(16-12-14-23(26-4)32-25)24(15-9-11-21-28-24)22-13-8-10-20-27-22/h22-23H,5-21H2,1-4H3. The summed E-state index contributed by atoms with van der Waals surface area (Å²) in [5, 5.41) is -0.860. The van der Waals surface area contributed by atoms with Crippen molar-refractivity contribution in [3.8, 4) is 0 Å². The zero-order valence-corrected chi connectivity index (χ0v) is 22.5. The summed E-state index contributed by atoms with van der Waals surface area (Å²) in [5.74, 6) is 0. The molecule has 0 amide bonds. The van der Waals surface area contributed by atoms with Crippen LogP contribution in [0.2, 0.25) is 0 Å². The smallest absolute Gasteiger partial charge is 0.375 e. The highest BCUT2D eigenvalue weighted by molar-refractivity contribution is 6.64. The molecule has 3 heterocycles. The van der Waals surface area contributed by atoms with Crippen molar-refractivity contribution in [1.29, 1.82) is 0 Å². The third-order valence-corrected chi connectivity index (χ3v) is 10.8. The van der Waals surface area contributed by atoms with Crippen molar-refractivity contribution in [3.05, 3.63) is 0 Å². The van der Waals surface area contributed by atoms with Gasteiger partial charge in [0.25, 0.3) is 0 Å². The molecule has 3 aliphatic rings. The molecule has 8 heteroatoms. The summed E-state index contributed by atoms with van der Waals surface area (Å²) in [4.78, 5) is 0. The van der Waals surface area contributed by atoms with E-state index >= 15 is 0 Å². The fourth-order valence-electron chi connectivity index (χ4n) is 5.76. The molecule has 3 fully saturated rings. The van der Waals surface area contributed by atoms with E-state index < -0.39 is 19.6 Å². The molecule has 0 aromatic carbocycles. The first-order valence-corrected chi connectivity index (χ1v) is 15.2. The first-order chi connectivity index (χ1) is 16.1. The molecule has 3 aliphatic heterocycles. The molecule has 0 bridgehead atoms. The average molecular weight is 489 g/mol. The Morgan fingerprint density at radius 1 is 0.788 bits per heavy atom. The monoisotopic (exact) mass is 488 g/mol. The van der Waals surface area contributed by atoms with Crippen molar-refractivity contribution in [3.63, 3.8) is 0 Å². The topological polar surface area (TPSA) is 64.6 Å². The van der Waals surface area contributed by atoms with Crippen LogP contribution in [0, 0.1) is 0 Å². The molecule has 0 N–H and O–H groups in total. The SMILES string of the molecule is CCCO[Si](OCCC)(OCCC)C1(C2(C3CCCCO3)CCCCO2)CCCC(OC)O1. The molecule has 4 unspecified atom stereocenters. The predicted molar refractivity (Wildman–Crippen MR) is 129 cm³/mol. The van der Waals surface area contributed by atoms with Gasteiger partial charge in [0.1, 0.15) is 5.60 Å². The minimum atomic E-state index is -3.42. The van der Waals surface area contributed by atoms with Gasteiger partial charge in [-0.2, -0.15) is 0 Å². The maximum absolute atomic E-state index is 7.04. The number of hydrogen-bond acceptors (Lipinski definition) is 7. The summed E-state index contributed by atoms with van der Waals surface area (Å²) < 4.78 is 46.5. The number of hydrogen-bond donors (Lipinski definition) is 0. The number of ether oxygens (including phenoxy) is 4. The Morgan fingerprint density at radius 3 is 1.97 bits per heavy atom. The molecule has 0 aromatic rings. The summed E-state index contributed by atoms with van der Waals surface area (Å²) in [6.45, 7) is 9.56. The van der Waals surface area contributed by atoms with Crippen LogP contribution in [0.15, 0.2) is 0 Å². The lowest BCUT2D eigenvalue weighted by molar-refractivity contribution is -0.316. The van der Waals surface area contributed by atoms with Crippen LogP contribution in [0.25, 0.3) is 0 Å². The van der Waals surface area contributed by atoms with Gasteiger partial charge in [-0.1, -0.05) is 20.8 Å². The van der Waals surface area contributed by atoms with Gasteiger partial charge in [0.05, 0.1) is 6.10 Å². The summed E-state index contributed by atoms with van der Waals surface area (Å²) in [7, 11) is -1.69. The molecule has 0 spiro atoms. The molecule has 3 rings (SSSR count). The quantitative estimate of drug-likeness (QED) is 0.332. The highest BCUT2D eigenvalue weighted by Crippen LogP contribution is 2.54. The lowest BCUT2D eigenvalue weighted by atomic mass is 9.77. The van der Waals surface area contributed by atoms with E-state index in [-0.39, 0.29) is 12.4 Å². The number of rotatable bonds is 13. The molecule has 0 radical (unpaired) electrons. The molecule has 4 atom stereocenters. The van der Waals surface area contributed by atoms with Gasteiger partial charge in [-0.25, -0.2) is 0 Å². The summed E-state index contributed by atoms with van der Waals surface area (Å²) >= 11 is 0. The minimum absolute atomic E-state index is 0.0605. The van der Waals surface area contributed by atoms with Gasteiger partial charge in [0, 0.05) is 40.1 Å². The third kappa shape index (κ3) is 5.69. The summed E-state index contributed by atoms with van der Waals surface area (Å²) in [6, 6.07) is 0. The van der Waals surface area contributed by atoms with Gasteiger partial charge in [-0.3, -0.25) is 0 Å². The second-order valence-electron chi connectivity index (χ2n) is 9.65. The van der Waals surface area contributed by atoms with Gasteiger partial charge in [-0.05, 0) is 77.0 Å². The van der Waals surface area contributed by atoms with Crippen LogP contribution in [0.3, 0.4) is 0 Å². The largest absolute Gasteiger partial charge is 0.538 e. The van der Waals surface area contributed by atoms with Crippen molar-refractivity contribution in [2.45, 2.75) is 121 Å². The molecular weight excluding hydrogens is 440 g/mol. The van der Waals surface area contributed by atoms with E-state index in [2.05, 4.69) is 20.8 Å². The van der Waals surface area contributed by atoms with Crippen LogP contribution < -0.4 is 0 Å². The van der Waals surface area contributed by atoms with Crippen LogP contribution in [-0.2, 0) is 32.2 Å². The molecule has 33 heavy (non-hydrogen) atoms. The van der Waals surface area contributed by atoms with Crippen LogP contribution >= 0.6 is 0 Å². The highest BCUT2D eigenvalue weighted by Gasteiger charge is 2.76. The molecule has 194 valence electrons. The van der Waals surface area contributed by atoms with Crippen molar-refractivity contribution in [2.75, 3.05) is 40.1 Å². The van der Waals surface area contributed by atoms with Crippen molar-refractivity contribution >= 4 is 8.80 Å². The molecule has 7 nitrogen and oxygen atoms in total. The van der Waals surface area contributed by atoms with Crippen molar-refractivity contribution < 1.29 is 32.2 Å². The van der Waals surface area contributed by atoms with E-state index in [0.717, 1.165) is 83.7 Å². The fraction of sp³-hybridized carbons (Fsp3) is 1.00. The van der Waals surface area contributed by atoms with Crippen molar-refractivity contribution in [1.82, 2.24) is 0 Å². The Bertz CT molecular complexity index is 529. The zero-order valence-electron chi connectivity index (χ0n) is 21.5. The van der Waals surface area contributed by atoms with Crippen molar-refractivity contribution in [2.24, 2.45) is 0 Å². The van der Waals surface area contributed by atoms with Gasteiger partial charge >= 0.3 is 8.80 Å². The van der Waals surface area contributed by atoms with Crippen LogP contribution in [0.1, 0.15) is 97.8 Å². The second kappa shape index (κ2) is 13.3. The van der Waals surface area contributed by atoms with Gasteiger partial charge in [-0.15, -0.1) is 0 Å². The maximum atomic E-state index is 7.04. The van der Waals surface area contributed by atoms with E-state index in [9.17, 15) is 0 Å². The van der Waals surface area contributed by atoms with Crippen LogP contribution in [0.5, 0.6) is 0 Å². The van der Waals surface area contributed by atoms with E-state index in [4.69, 9.17) is 32.2 Å². The Hall–Kier alpha value is -0.0631. The Morgan fingerprint density at radius 2 is 1.45 bits per heavy atom. The number of methoxy groups -OCH3 is 1. The van der Waals surface area contributed by atoms with E-state index in [1.807, 2.05) is 0 Å². The average Bonchev–Trinajstić information content (AvgIpc) is 2.89. The lowest BCUT2D eigenvalue weighted by Crippen LogP contribution is -2.81. The van der Waals surface area contributed by atoms with Gasteiger partial charge in [0.2, 0.25) is 0 Å². The Kier molecular flexibility index (Phi) is 11.1. The normalized spacial score (nSPS) is 33.8. The first kappa shape index (κ1) is 27.5. The Labute approximate surface area is 202 Å². The first-order valence-electron chi connectivity index (χ1n) is 13.5. The van der Waals surface area contributed by atoms with E-state index in [1.165, 1.54) is 0 Å². The van der Waals surface area contributed by atoms with Gasteiger partial charge in [0.15, 0.2) is 11.5 Å². The predicted octanol–water partition coefficient (Wildman–Crippen LogP) is 5.16. The molecule has 3 saturated heterocycles. The fourth-order valence-corrected chi connectivity index (χ4v) is 9.77. The second-order valence-corrected chi connectivity index (χ2v) is 12.4. The molecule has 0 aliphatic carbocycles. The summed E-state index contributed by atoms with van der Waals surface area (Å²) in [5.41, 5.74) is -0.662. The molecule has 0 aromatic heterocycles. The van der Waals surface area contributed by atoms with E-state index in [0.29, 0.717) is 26.4 Å². The Balaban J connectivity index is 2.17. The highest BCUT2D eigenvalue weighted by atomic mass is 28.4. The lowest BCUT2D eigenvalue weighted by Gasteiger charge is -2.60. The van der Waals surface area contributed by atoms with Crippen LogP contribution in [-0.4, -0.2) is 72.2 Å². The van der Waals surface area contributed by atoms with E-state index in [1.54, 1.807) is 7.11 Å². The molecular formula is C25H48O7Si. The third-order valence-electron chi connectivity index (χ3n) is 7.23. The maximum Gasteiger partial charge on any atom is 0.538 e. The molecule has 0 saturated carbocycles.